The number of amides is 1. The standard InChI is InChI=1S/C29H27NO2P/c1-32-24-13-11-12-23(22-24)30-21-20-28(29(30)31)33(25-14-5-2-6-15-25,26-16-7-3-8-17-26)27-18-9-4-10-19-27/h2-19,22,28H,20-21H2,1H3/q+1. The highest BCUT2D eigenvalue weighted by molar-refractivity contribution is 7.97. The Kier molecular flexibility index (Phi) is 5.98. The zero-order chi connectivity index (χ0) is 22.7. The van der Waals surface area contributed by atoms with Gasteiger partial charge >= 0.3 is 0 Å². The normalized spacial score (nSPS) is 16.1. The Labute approximate surface area is 196 Å². The van der Waals surface area contributed by atoms with Gasteiger partial charge in [0.25, 0.3) is 5.91 Å². The number of benzene rings is 4. The van der Waals surface area contributed by atoms with Crippen LogP contribution in [-0.4, -0.2) is 25.2 Å². The molecule has 1 atom stereocenters. The van der Waals surface area contributed by atoms with Gasteiger partial charge in [0.15, 0.2) is 5.66 Å². The van der Waals surface area contributed by atoms with Gasteiger partial charge in [0.2, 0.25) is 0 Å². The van der Waals surface area contributed by atoms with E-state index < -0.39 is 7.26 Å². The highest BCUT2D eigenvalue weighted by Crippen LogP contribution is 2.62. The molecule has 0 aliphatic carbocycles. The lowest BCUT2D eigenvalue weighted by molar-refractivity contribution is -0.116. The number of carbonyl (C=O) groups excluding carboxylic acids is 1. The molecular weight excluding hydrogens is 425 g/mol. The Bertz CT molecular complexity index is 1130. The molecule has 4 aromatic carbocycles. The second-order valence-corrected chi connectivity index (χ2v) is 11.8. The van der Waals surface area contributed by atoms with Crippen LogP contribution in [0.5, 0.6) is 5.75 Å². The monoisotopic (exact) mass is 452 g/mol. The average Bonchev–Trinajstić information content (AvgIpc) is 3.28. The minimum absolute atomic E-state index is 0.129. The molecule has 1 fully saturated rings. The maximum atomic E-state index is 14.2. The highest BCUT2D eigenvalue weighted by Gasteiger charge is 2.58. The summed E-state index contributed by atoms with van der Waals surface area (Å²) in [4.78, 5) is 16.1. The second-order valence-electron chi connectivity index (χ2n) is 8.23. The van der Waals surface area contributed by atoms with Gasteiger partial charge in [0.05, 0.1) is 7.11 Å². The van der Waals surface area contributed by atoms with Crippen molar-refractivity contribution in [1.82, 2.24) is 0 Å². The van der Waals surface area contributed by atoms with E-state index >= 15 is 0 Å². The van der Waals surface area contributed by atoms with E-state index in [2.05, 4.69) is 72.8 Å². The van der Waals surface area contributed by atoms with Crippen LogP contribution in [0.15, 0.2) is 115 Å². The second kappa shape index (κ2) is 9.21. The molecule has 1 heterocycles. The van der Waals surface area contributed by atoms with Crippen LogP contribution < -0.4 is 25.6 Å². The molecule has 164 valence electrons. The summed E-state index contributed by atoms with van der Waals surface area (Å²) < 4.78 is 5.42. The van der Waals surface area contributed by atoms with E-state index in [1.807, 2.05) is 47.4 Å². The lowest BCUT2D eigenvalue weighted by atomic mass is 10.3. The number of rotatable bonds is 6. The summed E-state index contributed by atoms with van der Waals surface area (Å²) in [6.07, 6.45) is 0.808. The molecule has 0 saturated carbocycles. The molecule has 1 saturated heterocycles. The van der Waals surface area contributed by atoms with Crippen molar-refractivity contribution < 1.29 is 9.53 Å². The van der Waals surface area contributed by atoms with Gasteiger partial charge in [-0.15, -0.1) is 0 Å². The molecular formula is C29H27NO2P+. The van der Waals surface area contributed by atoms with Crippen LogP contribution in [0.3, 0.4) is 0 Å². The lowest BCUT2D eigenvalue weighted by Crippen LogP contribution is -2.42. The number of hydrogen-bond acceptors (Lipinski definition) is 2. The third-order valence-corrected chi connectivity index (χ3v) is 11.3. The van der Waals surface area contributed by atoms with Crippen molar-refractivity contribution in [3.63, 3.8) is 0 Å². The van der Waals surface area contributed by atoms with Crippen LogP contribution in [0.1, 0.15) is 6.42 Å². The summed E-state index contributed by atoms with van der Waals surface area (Å²) >= 11 is 0. The Hall–Kier alpha value is -3.42. The zero-order valence-corrected chi connectivity index (χ0v) is 19.6. The first kappa shape index (κ1) is 21.4. The molecule has 0 aromatic heterocycles. The van der Waals surface area contributed by atoms with Gasteiger partial charge in [0, 0.05) is 24.7 Å². The van der Waals surface area contributed by atoms with Crippen molar-refractivity contribution in [2.24, 2.45) is 0 Å². The smallest absolute Gasteiger partial charge is 0.268 e. The molecule has 0 N–H and O–H groups in total. The predicted octanol–water partition coefficient (Wildman–Crippen LogP) is 4.79. The largest absolute Gasteiger partial charge is 0.497 e. The van der Waals surface area contributed by atoms with Gasteiger partial charge in [-0.05, 0) is 48.5 Å². The Morgan fingerprint density at radius 3 is 1.73 bits per heavy atom. The predicted molar refractivity (Wildman–Crippen MR) is 139 cm³/mol. The Morgan fingerprint density at radius 2 is 1.24 bits per heavy atom. The van der Waals surface area contributed by atoms with E-state index in [0.29, 0.717) is 6.54 Å². The van der Waals surface area contributed by atoms with Crippen molar-refractivity contribution in [3.8, 4) is 5.75 Å². The summed E-state index contributed by atoms with van der Waals surface area (Å²) in [5, 5.41) is 3.73. The van der Waals surface area contributed by atoms with Crippen LogP contribution >= 0.6 is 7.26 Å². The van der Waals surface area contributed by atoms with E-state index in [1.54, 1.807) is 7.11 Å². The van der Waals surface area contributed by atoms with Gasteiger partial charge in [0.1, 0.15) is 28.9 Å². The minimum atomic E-state index is -2.26. The molecule has 1 aliphatic rings. The summed E-state index contributed by atoms with van der Waals surface area (Å²) in [5.74, 6) is 0.951. The molecule has 1 unspecified atom stereocenters. The Balaban J connectivity index is 1.71. The molecule has 3 nitrogen and oxygen atoms in total. The van der Waals surface area contributed by atoms with Crippen molar-refractivity contribution in [2.75, 3.05) is 18.6 Å². The van der Waals surface area contributed by atoms with Crippen molar-refractivity contribution in [3.05, 3.63) is 115 Å². The highest BCUT2D eigenvalue weighted by atomic mass is 31.2. The van der Waals surface area contributed by atoms with Gasteiger partial charge in [-0.2, -0.15) is 0 Å². The van der Waals surface area contributed by atoms with Gasteiger partial charge in [-0.25, -0.2) is 0 Å². The van der Waals surface area contributed by atoms with E-state index in [-0.39, 0.29) is 11.6 Å². The average molecular weight is 453 g/mol. The SMILES string of the molecule is COc1cccc(N2CCC([P+](c3ccccc3)(c3ccccc3)c3ccccc3)C2=O)c1. The molecule has 0 bridgehead atoms. The quantitative estimate of drug-likeness (QED) is 0.394. The van der Waals surface area contributed by atoms with Crippen LogP contribution in [0.2, 0.25) is 0 Å². The maximum Gasteiger partial charge on any atom is 0.268 e. The Morgan fingerprint density at radius 1 is 0.727 bits per heavy atom. The fourth-order valence-corrected chi connectivity index (χ4v) is 9.91. The van der Waals surface area contributed by atoms with Crippen LogP contribution in [-0.2, 0) is 4.79 Å². The van der Waals surface area contributed by atoms with Crippen LogP contribution in [0.25, 0.3) is 0 Å². The number of hydrogen-bond donors (Lipinski definition) is 0. The molecule has 1 amide bonds. The molecule has 33 heavy (non-hydrogen) atoms. The molecule has 1 aliphatic heterocycles. The molecule has 5 rings (SSSR count). The third-order valence-electron chi connectivity index (χ3n) is 6.50. The number of methoxy groups -OCH3 is 1. The van der Waals surface area contributed by atoms with Crippen molar-refractivity contribution in [2.45, 2.75) is 12.1 Å². The van der Waals surface area contributed by atoms with Crippen molar-refractivity contribution >= 4 is 34.8 Å². The van der Waals surface area contributed by atoms with Crippen LogP contribution in [0.4, 0.5) is 5.69 Å². The fourth-order valence-electron chi connectivity index (χ4n) is 5.04. The lowest BCUT2D eigenvalue weighted by Gasteiger charge is -2.32. The first-order valence-corrected chi connectivity index (χ1v) is 13.1. The summed E-state index contributed by atoms with van der Waals surface area (Å²) in [7, 11) is -0.599. The minimum Gasteiger partial charge on any atom is -0.497 e. The number of carbonyl (C=O) groups is 1. The maximum absolute atomic E-state index is 14.2. The number of nitrogens with zero attached hydrogens (tertiary/aromatic N) is 1. The third kappa shape index (κ3) is 3.73. The van der Waals surface area contributed by atoms with E-state index in [9.17, 15) is 4.79 Å². The van der Waals surface area contributed by atoms with Gasteiger partial charge in [-0.3, -0.25) is 4.79 Å². The zero-order valence-electron chi connectivity index (χ0n) is 18.7. The molecule has 4 aromatic rings. The summed E-state index contributed by atoms with van der Waals surface area (Å²) in [6, 6.07) is 39.7. The number of anilines is 1. The van der Waals surface area contributed by atoms with Crippen LogP contribution in [0, 0.1) is 0 Å². The van der Waals surface area contributed by atoms with Gasteiger partial charge in [-0.1, -0.05) is 60.7 Å². The molecule has 0 spiro atoms. The van der Waals surface area contributed by atoms with E-state index in [1.165, 1.54) is 15.9 Å². The topological polar surface area (TPSA) is 29.5 Å². The van der Waals surface area contributed by atoms with Crippen molar-refractivity contribution in [1.29, 1.82) is 0 Å². The molecule has 0 radical (unpaired) electrons. The van der Waals surface area contributed by atoms with E-state index in [0.717, 1.165) is 17.9 Å². The summed E-state index contributed by atoms with van der Waals surface area (Å²) in [6.45, 7) is 0.699. The van der Waals surface area contributed by atoms with Gasteiger partial charge < -0.3 is 9.64 Å². The molecule has 4 heteroatoms. The number of ether oxygens (including phenoxy) is 1. The van der Waals surface area contributed by atoms with E-state index in [4.69, 9.17) is 4.74 Å². The summed E-state index contributed by atoms with van der Waals surface area (Å²) in [5.41, 5.74) is 0.769. The first-order valence-electron chi connectivity index (χ1n) is 11.3. The first-order chi connectivity index (χ1) is 16.2. The fraction of sp³-hybridized carbons (Fsp3) is 0.138.